The van der Waals surface area contributed by atoms with Crippen molar-refractivity contribution < 1.29 is 17.2 Å². The molecule has 1 atom stereocenters. The third-order valence-electron chi connectivity index (χ3n) is 8.99. The first-order valence-electron chi connectivity index (χ1n) is 19.3. The molecule has 0 saturated carbocycles. The Balaban J connectivity index is 3.71. The SMILES string of the molecule is CCCCCCCCCCCCCC/C=C/C(CCCCCCCCCCCCCCCCCCCC)COS(=O)(=O)O. The minimum absolute atomic E-state index is 0.0483. The summed E-state index contributed by atoms with van der Waals surface area (Å²) in [5.41, 5.74) is 0. The van der Waals surface area contributed by atoms with Crippen molar-refractivity contribution in [2.45, 2.75) is 219 Å². The second-order valence-electron chi connectivity index (χ2n) is 13.4. The van der Waals surface area contributed by atoms with Gasteiger partial charge in [0.2, 0.25) is 0 Å². The molecule has 0 bridgehead atoms. The minimum Gasteiger partial charge on any atom is -0.264 e. The number of rotatable bonds is 36. The molecule has 5 heteroatoms. The van der Waals surface area contributed by atoms with Crippen molar-refractivity contribution in [3.05, 3.63) is 12.2 Å². The quantitative estimate of drug-likeness (QED) is 0.0426. The van der Waals surface area contributed by atoms with Crippen LogP contribution < -0.4 is 0 Å². The molecule has 0 amide bonds. The molecule has 0 spiro atoms. The maximum absolute atomic E-state index is 11.1. The molecule has 0 radical (unpaired) electrons. The Labute approximate surface area is 271 Å². The fraction of sp³-hybridized carbons (Fsp3) is 0.947. The van der Waals surface area contributed by atoms with E-state index in [0.717, 1.165) is 19.3 Å². The Morgan fingerprint density at radius 2 is 0.791 bits per heavy atom. The molecule has 4 nitrogen and oxygen atoms in total. The Kier molecular flexibility index (Phi) is 34.2. The van der Waals surface area contributed by atoms with Crippen molar-refractivity contribution in [1.29, 1.82) is 0 Å². The minimum atomic E-state index is -4.37. The largest absolute Gasteiger partial charge is 0.397 e. The van der Waals surface area contributed by atoms with Gasteiger partial charge in [0.15, 0.2) is 0 Å². The van der Waals surface area contributed by atoms with E-state index in [1.54, 1.807) is 0 Å². The van der Waals surface area contributed by atoms with Gasteiger partial charge in [-0.1, -0.05) is 212 Å². The predicted molar refractivity (Wildman–Crippen MR) is 189 cm³/mol. The Morgan fingerprint density at radius 3 is 1.12 bits per heavy atom. The fourth-order valence-corrected chi connectivity index (χ4v) is 6.46. The molecule has 0 aliphatic heterocycles. The topological polar surface area (TPSA) is 63.6 Å². The molecular weight excluding hydrogens is 552 g/mol. The first-order chi connectivity index (χ1) is 21.0. The van der Waals surface area contributed by atoms with E-state index in [2.05, 4.69) is 26.0 Å². The maximum atomic E-state index is 11.1. The van der Waals surface area contributed by atoms with Crippen LogP contribution in [-0.4, -0.2) is 19.6 Å². The third-order valence-corrected chi connectivity index (χ3v) is 9.43. The molecule has 258 valence electrons. The van der Waals surface area contributed by atoms with Gasteiger partial charge in [0.25, 0.3) is 0 Å². The summed E-state index contributed by atoms with van der Waals surface area (Å²) < 4.78 is 35.9. The summed E-state index contributed by atoms with van der Waals surface area (Å²) in [6.07, 6.45) is 47.0. The van der Waals surface area contributed by atoms with E-state index in [-0.39, 0.29) is 12.5 Å². The summed E-state index contributed by atoms with van der Waals surface area (Å²) >= 11 is 0. The van der Waals surface area contributed by atoms with E-state index in [0.29, 0.717) is 0 Å². The normalized spacial score (nSPS) is 12.9. The van der Waals surface area contributed by atoms with Gasteiger partial charge in [-0.15, -0.1) is 0 Å². The van der Waals surface area contributed by atoms with Crippen molar-refractivity contribution in [1.82, 2.24) is 0 Å². The van der Waals surface area contributed by atoms with Gasteiger partial charge in [0.1, 0.15) is 0 Å². The second-order valence-corrected chi connectivity index (χ2v) is 14.5. The maximum Gasteiger partial charge on any atom is 0.397 e. The van der Waals surface area contributed by atoms with Gasteiger partial charge >= 0.3 is 10.4 Å². The standard InChI is InChI=1S/C38H76O4S/c1-3-5-7-9-11-13-15-17-19-20-21-22-24-26-28-30-32-34-36-38(37-42-43(39,40)41)35-33-31-29-27-25-23-18-16-14-12-10-8-6-4-2/h33,35,38H,3-32,34,36-37H2,1-2H3,(H,39,40,41)/b35-33+. The van der Waals surface area contributed by atoms with Crippen LogP contribution in [-0.2, 0) is 14.6 Å². The van der Waals surface area contributed by atoms with Crippen LogP contribution in [0, 0.1) is 5.92 Å². The molecule has 0 heterocycles. The van der Waals surface area contributed by atoms with Gasteiger partial charge < -0.3 is 0 Å². The van der Waals surface area contributed by atoms with Crippen LogP contribution in [0.1, 0.15) is 219 Å². The Bertz CT molecular complexity index is 661. The van der Waals surface area contributed by atoms with Crippen molar-refractivity contribution in [3.63, 3.8) is 0 Å². The molecule has 0 aromatic carbocycles. The number of allylic oxidation sites excluding steroid dienone is 1. The van der Waals surface area contributed by atoms with Crippen molar-refractivity contribution >= 4 is 10.4 Å². The summed E-state index contributed by atoms with van der Waals surface area (Å²) in [7, 11) is -4.37. The molecule has 0 fully saturated rings. The number of hydrogen-bond acceptors (Lipinski definition) is 3. The molecule has 0 aromatic heterocycles. The van der Waals surface area contributed by atoms with Gasteiger partial charge in [-0.3, -0.25) is 4.55 Å². The van der Waals surface area contributed by atoms with E-state index in [1.165, 1.54) is 186 Å². The first kappa shape index (κ1) is 42.6. The van der Waals surface area contributed by atoms with E-state index >= 15 is 0 Å². The van der Waals surface area contributed by atoms with Gasteiger partial charge in [-0.25, -0.2) is 4.18 Å². The first-order valence-corrected chi connectivity index (χ1v) is 20.6. The molecular formula is C38H76O4S. The van der Waals surface area contributed by atoms with E-state index in [1.807, 2.05) is 0 Å². The summed E-state index contributed by atoms with van der Waals surface area (Å²) in [4.78, 5) is 0. The lowest BCUT2D eigenvalue weighted by molar-refractivity contribution is 0.234. The Hall–Kier alpha value is -0.390. The van der Waals surface area contributed by atoms with Crippen LogP contribution in [0.5, 0.6) is 0 Å². The molecule has 0 saturated heterocycles. The molecule has 1 unspecified atom stereocenters. The van der Waals surface area contributed by atoms with Crippen LogP contribution in [0.25, 0.3) is 0 Å². The third kappa shape index (κ3) is 37.7. The zero-order chi connectivity index (χ0) is 31.5. The highest BCUT2D eigenvalue weighted by molar-refractivity contribution is 7.80. The van der Waals surface area contributed by atoms with Crippen molar-refractivity contribution in [3.8, 4) is 0 Å². The van der Waals surface area contributed by atoms with Crippen LogP contribution in [0.15, 0.2) is 12.2 Å². The second kappa shape index (κ2) is 34.5. The average Bonchev–Trinajstić information content (AvgIpc) is 2.98. The molecule has 43 heavy (non-hydrogen) atoms. The van der Waals surface area contributed by atoms with Gasteiger partial charge in [0.05, 0.1) is 6.61 Å². The zero-order valence-electron chi connectivity index (χ0n) is 29.1. The van der Waals surface area contributed by atoms with E-state index < -0.39 is 10.4 Å². The summed E-state index contributed by atoms with van der Waals surface area (Å²) in [6.45, 7) is 4.61. The van der Waals surface area contributed by atoms with Crippen LogP contribution in [0.4, 0.5) is 0 Å². The summed E-state index contributed by atoms with van der Waals surface area (Å²) in [5.74, 6) is 0.0558. The Morgan fingerprint density at radius 1 is 0.488 bits per heavy atom. The fourth-order valence-electron chi connectivity index (χ4n) is 6.11. The van der Waals surface area contributed by atoms with Gasteiger partial charge in [-0.05, 0) is 19.3 Å². The van der Waals surface area contributed by atoms with Crippen molar-refractivity contribution in [2.75, 3.05) is 6.61 Å². The molecule has 0 aliphatic carbocycles. The van der Waals surface area contributed by atoms with Crippen molar-refractivity contribution in [2.24, 2.45) is 5.92 Å². The highest BCUT2D eigenvalue weighted by Crippen LogP contribution is 2.18. The lowest BCUT2D eigenvalue weighted by Gasteiger charge is -2.12. The molecule has 0 aliphatic rings. The van der Waals surface area contributed by atoms with Crippen LogP contribution in [0.2, 0.25) is 0 Å². The van der Waals surface area contributed by atoms with Gasteiger partial charge in [0, 0.05) is 5.92 Å². The summed E-state index contributed by atoms with van der Waals surface area (Å²) in [6, 6.07) is 0. The summed E-state index contributed by atoms with van der Waals surface area (Å²) in [5, 5.41) is 0. The predicted octanol–water partition coefficient (Wildman–Crippen LogP) is 13.5. The lowest BCUT2D eigenvalue weighted by Crippen LogP contribution is -2.12. The van der Waals surface area contributed by atoms with Crippen LogP contribution >= 0.6 is 0 Å². The van der Waals surface area contributed by atoms with E-state index in [9.17, 15) is 8.42 Å². The average molecular weight is 629 g/mol. The highest BCUT2D eigenvalue weighted by atomic mass is 32.3. The highest BCUT2D eigenvalue weighted by Gasteiger charge is 2.11. The van der Waals surface area contributed by atoms with Crippen LogP contribution in [0.3, 0.4) is 0 Å². The smallest absolute Gasteiger partial charge is 0.264 e. The monoisotopic (exact) mass is 629 g/mol. The molecule has 0 rings (SSSR count). The zero-order valence-corrected chi connectivity index (χ0v) is 30.0. The number of hydrogen-bond donors (Lipinski definition) is 1. The molecule has 1 N–H and O–H groups in total. The van der Waals surface area contributed by atoms with E-state index in [4.69, 9.17) is 8.74 Å². The van der Waals surface area contributed by atoms with Gasteiger partial charge in [-0.2, -0.15) is 8.42 Å². The lowest BCUT2D eigenvalue weighted by atomic mass is 9.99. The number of unbranched alkanes of at least 4 members (excludes halogenated alkanes) is 29. The molecule has 0 aromatic rings.